The van der Waals surface area contributed by atoms with E-state index in [1.807, 2.05) is 11.3 Å². The van der Waals surface area contributed by atoms with Crippen molar-refractivity contribution in [1.82, 2.24) is 10.3 Å². The Kier molecular flexibility index (Phi) is 5.15. The highest BCUT2D eigenvalue weighted by Crippen LogP contribution is 2.36. The van der Waals surface area contributed by atoms with E-state index in [2.05, 4.69) is 19.2 Å². The van der Waals surface area contributed by atoms with Crippen molar-refractivity contribution in [2.75, 3.05) is 20.2 Å². The number of thiazole rings is 1. The Morgan fingerprint density at radius 1 is 1.56 bits per heavy atom. The fourth-order valence-electron chi connectivity index (χ4n) is 2.45. The second-order valence-electron chi connectivity index (χ2n) is 5.03. The van der Waals surface area contributed by atoms with Crippen LogP contribution >= 0.6 is 11.3 Å². The number of ether oxygens (including phenoxy) is 1. The van der Waals surface area contributed by atoms with Crippen molar-refractivity contribution in [3.63, 3.8) is 0 Å². The molecule has 0 spiro atoms. The van der Waals surface area contributed by atoms with E-state index in [1.54, 1.807) is 7.11 Å². The Bertz CT molecular complexity index is 378. The third kappa shape index (κ3) is 3.11. The molecular formula is C14H24N2OS. The summed E-state index contributed by atoms with van der Waals surface area (Å²) >= 11 is 1.85. The van der Waals surface area contributed by atoms with Crippen LogP contribution in [0.2, 0.25) is 0 Å². The SMILES string of the molecule is CCCNCC1CCCc2sc(C(C)OC)nc21. The molecule has 2 unspecified atom stereocenters. The van der Waals surface area contributed by atoms with Crippen LogP contribution in [0.4, 0.5) is 0 Å². The van der Waals surface area contributed by atoms with Gasteiger partial charge in [0.25, 0.3) is 0 Å². The Hall–Kier alpha value is -0.450. The lowest BCUT2D eigenvalue weighted by Gasteiger charge is -2.21. The predicted molar refractivity (Wildman–Crippen MR) is 76.4 cm³/mol. The Morgan fingerprint density at radius 3 is 3.11 bits per heavy atom. The summed E-state index contributed by atoms with van der Waals surface area (Å²) in [6.45, 7) is 6.47. The van der Waals surface area contributed by atoms with Crippen molar-refractivity contribution in [1.29, 1.82) is 0 Å². The quantitative estimate of drug-likeness (QED) is 0.804. The van der Waals surface area contributed by atoms with Gasteiger partial charge < -0.3 is 10.1 Å². The average molecular weight is 268 g/mol. The number of nitrogens with zero attached hydrogens (tertiary/aromatic N) is 1. The molecule has 0 aliphatic heterocycles. The number of aromatic nitrogens is 1. The molecule has 18 heavy (non-hydrogen) atoms. The van der Waals surface area contributed by atoms with Crippen molar-refractivity contribution < 1.29 is 4.74 Å². The van der Waals surface area contributed by atoms with E-state index in [4.69, 9.17) is 9.72 Å². The highest BCUT2D eigenvalue weighted by Gasteiger charge is 2.25. The van der Waals surface area contributed by atoms with E-state index < -0.39 is 0 Å². The molecule has 102 valence electrons. The molecule has 1 aromatic heterocycles. The number of hydrogen-bond acceptors (Lipinski definition) is 4. The van der Waals surface area contributed by atoms with Gasteiger partial charge in [0.15, 0.2) is 0 Å². The lowest BCUT2D eigenvalue weighted by molar-refractivity contribution is 0.119. The van der Waals surface area contributed by atoms with Crippen molar-refractivity contribution in [3.05, 3.63) is 15.6 Å². The monoisotopic (exact) mass is 268 g/mol. The maximum atomic E-state index is 5.38. The first kappa shape index (κ1) is 14.0. The summed E-state index contributed by atoms with van der Waals surface area (Å²) in [4.78, 5) is 6.32. The first-order valence-corrected chi connectivity index (χ1v) is 7.80. The summed E-state index contributed by atoms with van der Waals surface area (Å²) in [7, 11) is 1.76. The van der Waals surface area contributed by atoms with E-state index in [1.165, 1.54) is 36.3 Å². The van der Waals surface area contributed by atoms with Crippen molar-refractivity contribution in [2.24, 2.45) is 0 Å². The van der Waals surface area contributed by atoms with Gasteiger partial charge in [0, 0.05) is 24.4 Å². The van der Waals surface area contributed by atoms with Gasteiger partial charge in [-0.1, -0.05) is 6.92 Å². The molecule has 4 heteroatoms. The molecule has 0 saturated carbocycles. The Balaban J connectivity index is 2.08. The highest BCUT2D eigenvalue weighted by atomic mass is 32.1. The zero-order chi connectivity index (χ0) is 13.0. The normalized spacial score (nSPS) is 20.7. The van der Waals surface area contributed by atoms with Crippen LogP contribution in [0, 0.1) is 0 Å². The number of methoxy groups -OCH3 is 1. The molecule has 1 aliphatic rings. The maximum Gasteiger partial charge on any atom is 0.122 e. The molecule has 0 radical (unpaired) electrons. The molecule has 0 aromatic carbocycles. The van der Waals surface area contributed by atoms with Gasteiger partial charge in [-0.3, -0.25) is 0 Å². The number of fused-ring (bicyclic) bond motifs is 1. The first-order valence-electron chi connectivity index (χ1n) is 6.99. The topological polar surface area (TPSA) is 34.1 Å². The molecular weight excluding hydrogens is 244 g/mol. The van der Waals surface area contributed by atoms with E-state index in [0.717, 1.165) is 18.1 Å². The van der Waals surface area contributed by atoms with Crippen LogP contribution in [0.15, 0.2) is 0 Å². The van der Waals surface area contributed by atoms with Crippen molar-refractivity contribution in [2.45, 2.75) is 51.6 Å². The van der Waals surface area contributed by atoms with Gasteiger partial charge in [-0.05, 0) is 39.2 Å². The molecule has 1 aliphatic carbocycles. The summed E-state index contributed by atoms with van der Waals surface area (Å²) in [5.74, 6) is 0.606. The summed E-state index contributed by atoms with van der Waals surface area (Å²) < 4.78 is 5.38. The van der Waals surface area contributed by atoms with Crippen LogP contribution < -0.4 is 5.32 Å². The van der Waals surface area contributed by atoms with Gasteiger partial charge in [-0.2, -0.15) is 0 Å². The molecule has 2 atom stereocenters. The van der Waals surface area contributed by atoms with Crippen LogP contribution in [0.1, 0.15) is 60.7 Å². The number of hydrogen-bond donors (Lipinski definition) is 1. The van der Waals surface area contributed by atoms with Crippen molar-refractivity contribution in [3.8, 4) is 0 Å². The van der Waals surface area contributed by atoms with Crippen molar-refractivity contribution >= 4 is 11.3 Å². The number of nitrogens with one attached hydrogen (secondary N) is 1. The first-order chi connectivity index (χ1) is 8.76. The van der Waals surface area contributed by atoms with Crippen LogP contribution in [0.5, 0.6) is 0 Å². The molecule has 1 heterocycles. The molecule has 2 rings (SSSR count). The molecule has 1 aromatic rings. The average Bonchev–Trinajstić information content (AvgIpc) is 2.83. The minimum absolute atomic E-state index is 0.129. The molecule has 0 fully saturated rings. The molecule has 1 N–H and O–H groups in total. The molecule has 0 saturated heterocycles. The second kappa shape index (κ2) is 6.64. The Morgan fingerprint density at radius 2 is 2.39 bits per heavy atom. The minimum Gasteiger partial charge on any atom is -0.375 e. The van der Waals surface area contributed by atoms with Crippen LogP contribution in [0.3, 0.4) is 0 Å². The summed E-state index contributed by atoms with van der Waals surface area (Å²) in [5.41, 5.74) is 1.34. The highest BCUT2D eigenvalue weighted by molar-refractivity contribution is 7.11. The Labute approximate surface area is 114 Å². The number of aryl methyl sites for hydroxylation is 1. The van der Waals surface area contributed by atoms with Gasteiger partial charge in [0.1, 0.15) is 11.1 Å². The second-order valence-corrected chi connectivity index (χ2v) is 6.15. The third-order valence-electron chi connectivity index (χ3n) is 3.61. The van der Waals surface area contributed by atoms with Gasteiger partial charge in [-0.25, -0.2) is 4.98 Å². The summed E-state index contributed by atoms with van der Waals surface area (Å²) in [6, 6.07) is 0. The van der Waals surface area contributed by atoms with E-state index in [-0.39, 0.29) is 6.10 Å². The van der Waals surface area contributed by atoms with Gasteiger partial charge >= 0.3 is 0 Å². The zero-order valence-corrected chi connectivity index (χ0v) is 12.5. The molecule has 0 amide bonds. The molecule has 3 nitrogen and oxygen atoms in total. The van der Waals surface area contributed by atoms with Crippen LogP contribution in [-0.4, -0.2) is 25.2 Å². The van der Waals surface area contributed by atoms with Gasteiger partial charge in [0.05, 0.1) is 5.69 Å². The fraction of sp³-hybridized carbons (Fsp3) is 0.786. The van der Waals surface area contributed by atoms with E-state index in [0.29, 0.717) is 5.92 Å². The summed E-state index contributed by atoms with van der Waals surface area (Å²) in [6.07, 6.45) is 5.10. The predicted octanol–water partition coefficient (Wildman–Crippen LogP) is 3.27. The van der Waals surface area contributed by atoms with E-state index >= 15 is 0 Å². The fourth-order valence-corrected chi connectivity index (χ4v) is 3.67. The van der Waals surface area contributed by atoms with Gasteiger partial charge in [0.2, 0.25) is 0 Å². The smallest absolute Gasteiger partial charge is 0.122 e. The standard InChI is InChI=1S/C14H24N2OS/c1-4-8-15-9-11-6-5-7-12-13(11)16-14(18-12)10(2)17-3/h10-11,15H,4-9H2,1-3H3. The third-order valence-corrected chi connectivity index (χ3v) is 4.90. The molecule has 0 bridgehead atoms. The van der Waals surface area contributed by atoms with Crippen LogP contribution in [0.25, 0.3) is 0 Å². The maximum absolute atomic E-state index is 5.38. The van der Waals surface area contributed by atoms with Crippen LogP contribution in [-0.2, 0) is 11.2 Å². The lowest BCUT2D eigenvalue weighted by Crippen LogP contribution is -2.24. The van der Waals surface area contributed by atoms with Gasteiger partial charge in [-0.15, -0.1) is 11.3 Å². The van der Waals surface area contributed by atoms with E-state index in [9.17, 15) is 0 Å². The zero-order valence-electron chi connectivity index (χ0n) is 11.7. The minimum atomic E-state index is 0.129. The summed E-state index contributed by atoms with van der Waals surface area (Å²) in [5, 5.41) is 4.67. The lowest BCUT2D eigenvalue weighted by atomic mass is 9.91. The number of rotatable bonds is 6. The largest absolute Gasteiger partial charge is 0.375 e.